The number of hydrogen-bond acceptors (Lipinski definition) is 2. The van der Waals surface area contributed by atoms with Crippen molar-refractivity contribution in [3.05, 3.63) is 0 Å². The molecule has 0 aromatic rings. The lowest BCUT2D eigenvalue weighted by atomic mass is 9.92. The zero-order valence-corrected chi connectivity index (χ0v) is 10.6. The Morgan fingerprint density at radius 2 is 2.07 bits per heavy atom. The average Bonchev–Trinajstić information content (AvgIpc) is 2.79. The van der Waals surface area contributed by atoms with Gasteiger partial charge in [0.25, 0.3) is 5.24 Å². The van der Waals surface area contributed by atoms with Gasteiger partial charge in [0.05, 0.1) is 0 Å². The van der Waals surface area contributed by atoms with Gasteiger partial charge in [0.15, 0.2) is 0 Å². The van der Waals surface area contributed by atoms with Gasteiger partial charge in [-0.15, -0.1) is 0 Å². The molecule has 0 spiro atoms. The molecule has 2 saturated carbocycles. The highest BCUT2D eigenvalue weighted by Gasteiger charge is 2.49. The first-order valence-corrected chi connectivity index (χ1v) is 7.15. The number of carbonyl (C=O) groups excluding carboxylic acids is 1. The molecule has 2 fully saturated rings. The lowest BCUT2D eigenvalue weighted by Crippen LogP contribution is -2.47. The van der Waals surface area contributed by atoms with E-state index in [1.807, 2.05) is 0 Å². The molecule has 2 aliphatic carbocycles. The fraction of sp³-hybridized carbons (Fsp3) is 0.917. The fourth-order valence-electron chi connectivity index (χ4n) is 3.40. The predicted molar refractivity (Wildman–Crippen MR) is 65.2 cm³/mol. The minimum atomic E-state index is 0.263. The molecule has 0 saturated heterocycles. The average molecular weight is 227 g/mol. The summed E-state index contributed by atoms with van der Waals surface area (Å²) in [5.74, 6) is 1.81. The second-order valence-electron chi connectivity index (χ2n) is 4.82. The first kappa shape index (κ1) is 11.3. The molecule has 86 valence electrons. The maximum atomic E-state index is 12.0. The standard InChI is InChI=1S/C12H21NOS/c1-3-13(11(14)15-4-2)12-7-5-10(9-12)6-8-12/h10H,3-9H2,1-2H3. The molecule has 15 heavy (non-hydrogen) atoms. The molecule has 1 amide bonds. The molecule has 2 bridgehead atoms. The molecule has 0 aromatic heterocycles. The summed E-state index contributed by atoms with van der Waals surface area (Å²) < 4.78 is 0. The lowest BCUT2D eigenvalue weighted by molar-refractivity contribution is 0.140. The second-order valence-corrected chi connectivity index (χ2v) is 6.03. The van der Waals surface area contributed by atoms with Crippen LogP contribution in [0.5, 0.6) is 0 Å². The highest BCUT2D eigenvalue weighted by atomic mass is 32.2. The monoisotopic (exact) mass is 227 g/mol. The third-order valence-corrected chi connectivity index (χ3v) is 4.84. The first-order chi connectivity index (χ1) is 7.22. The molecule has 2 rings (SSSR count). The number of amides is 1. The number of fused-ring (bicyclic) bond motifs is 2. The van der Waals surface area contributed by atoms with Crippen LogP contribution < -0.4 is 0 Å². The quantitative estimate of drug-likeness (QED) is 0.735. The Morgan fingerprint density at radius 3 is 2.47 bits per heavy atom. The van der Waals surface area contributed by atoms with E-state index in [0.717, 1.165) is 18.2 Å². The highest BCUT2D eigenvalue weighted by Crippen LogP contribution is 2.51. The van der Waals surface area contributed by atoms with Crippen LogP contribution in [0.1, 0.15) is 46.0 Å². The Labute approximate surface area is 96.8 Å². The SMILES string of the molecule is CCSC(=O)N(CC)C12CCC(CC1)C2. The molecule has 2 aliphatic rings. The van der Waals surface area contributed by atoms with E-state index in [-0.39, 0.29) is 5.54 Å². The van der Waals surface area contributed by atoms with Crippen LogP contribution in [0.4, 0.5) is 4.79 Å². The molecule has 0 heterocycles. The van der Waals surface area contributed by atoms with Gasteiger partial charge < -0.3 is 4.90 Å². The van der Waals surface area contributed by atoms with Crippen LogP contribution in [-0.4, -0.2) is 28.0 Å². The molecular weight excluding hydrogens is 206 g/mol. The van der Waals surface area contributed by atoms with Crippen molar-refractivity contribution in [2.45, 2.75) is 51.5 Å². The zero-order valence-electron chi connectivity index (χ0n) is 9.79. The van der Waals surface area contributed by atoms with E-state index >= 15 is 0 Å². The van der Waals surface area contributed by atoms with Crippen molar-refractivity contribution in [3.63, 3.8) is 0 Å². The van der Waals surface area contributed by atoms with Crippen LogP contribution in [0.3, 0.4) is 0 Å². The molecular formula is C12H21NOS. The predicted octanol–water partition coefficient (Wildman–Crippen LogP) is 3.51. The van der Waals surface area contributed by atoms with Crippen molar-refractivity contribution in [2.75, 3.05) is 12.3 Å². The van der Waals surface area contributed by atoms with Crippen LogP contribution >= 0.6 is 11.8 Å². The molecule has 3 heteroatoms. The highest BCUT2D eigenvalue weighted by molar-refractivity contribution is 8.13. The van der Waals surface area contributed by atoms with Gasteiger partial charge in [-0.3, -0.25) is 4.79 Å². The van der Waals surface area contributed by atoms with Crippen LogP contribution in [0, 0.1) is 5.92 Å². The summed E-state index contributed by atoms with van der Waals surface area (Å²) >= 11 is 1.47. The second kappa shape index (κ2) is 4.36. The molecule has 2 nitrogen and oxygen atoms in total. The van der Waals surface area contributed by atoms with Gasteiger partial charge in [0.1, 0.15) is 0 Å². The molecule has 0 unspecified atom stereocenters. The number of rotatable bonds is 3. The summed E-state index contributed by atoms with van der Waals surface area (Å²) in [6.07, 6.45) is 6.47. The Balaban J connectivity index is 2.08. The van der Waals surface area contributed by atoms with Gasteiger partial charge >= 0.3 is 0 Å². The van der Waals surface area contributed by atoms with Gasteiger partial charge in [-0.05, 0) is 50.7 Å². The fourth-order valence-corrected chi connectivity index (χ4v) is 4.13. The number of hydrogen-bond donors (Lipinski definition) is 0. The van der Waals surface area contributed by atoms with E-state index in [1.165, 1.54) is 43.9 Å². The van der Waals surface area contributed by atoms with Crippen LogP contribution in [-0.2, 0) is 0 Å². The van der Waals surface area contributed by atoms with Crippen molar-refractivity contribution in [2.24, 2.45) is 5.92 Å². The summed E-state index contributed by atoms with van der Waals surface area (Å²) in [6, 6.07) is 0. The van der Waals surface area contributed by atoms with Crippen molar-refractivity contribution < 1.29 is 4.79 Å². The van der Waals surface area contributed by atoms with Crippen molar-refractivity contribution in [1.29, 1.82) is 0 Å². The summed E-state index contributed by atoms with van der Waals surface area (Å²) in [5.41, 5.74) is 0.263. The minimum Gasteiger partial charge on any atom is -0.328 e. The summed E-state index contributed by atoms with van der Waals surface area (Å²) in [6.45, 7) is 5.06. The maximum Gasteiger partial charge on any atom is 0.282 e. The van der Waals surface area contributed by atoms with Crippen LogP contribution in [0.25, 0.3) is 0 Å². The first-order valence-electron chi connectivity index (χ1n) is 6.16. The van der Waals surface area contributed by atoms with Crippen LogP contribution in [0.2, 0.25) is 0 Å². The van der Waals surface area contributed by atoms with E-state index in [0.29, 0.717) is 5.24 Å². The van der Waals surface area contributed by atoms with Gasteiger partial charge in [-0.1, -0.05) is 18.7 Å². The number of thioether (sulfide) groups is 1. The van der Waals surface area contributed by atoms with Crippen molar-refractivity contribution in [1.82, 2.24) is 4.90 Å². The third-order valence-electron chi connectivity index (χ3n) is 4.08. The zero-order chi connectivity index (χ0) is 10.9. The van der Waals surface area contributed by atoms with Gasteiger partial charge in [0, 0.05) is 12.1 Å². The normalized spacial score (nSPS) is 33.3. The van der Waals surface area contributed by atoms with Gasteiger partial charge in [-0.2, -0.15) is 0 Å². The molecule has 0 N–H and O–H groups in total. The molecule has 0 aromatic carbocycles. The number of nitrogens with zero attached hydrogens (tertiary/aromatic N) is 1. The van der Waals surface area contributed by atoms with Crippen molar-refractivity contribution in [3.8, 4) is 0 Å². The Kier molecular flexibility index (Phi) is 3.29. The Morgan fingerprint density at radius 1 is 1.40 bits per heavy atom. The van der Waals surface area contributed by atoms with E-state index in [9.17, 15) is 4.79 Å². The lowest BCUT2D eigenvalue weighted by Gasteiger charge is -2.39. The van der Waals surface area contributed by atoms with Gasteiger partial charge in [0.2, 0.25) is 0 Å². The summed E-state index contributed by atoms with van der Waals surface area (Å²) in [5, 5.41) is 0.308. The molecule has 0 aliphatic heterocycles. The van der Waals surface area contributed by atoms with E-state index < -0.39 is 0 Å². The maximum absolute atomic E-state index is 12.0. The minimum absolute atomic E-state index is 0.263. The largest absolute Gasteiger partial charge is 0.328 e. The Bertz CT molecular complexity index is 246. The summed E-state index contributed by atoms with van der Waals surface area (Å²) in [4.78, 5) is 14.2. The van der Waals surface area contributed by atoms with Crippen LogP contribution in [0.15, 0.2) is 0 Å². The van der Waals surface area contributed by atoms with Crippen molar-refractivity contribution >= 4 is 17.0 Å². The summed E-state index contributed by atoms with van der Waals surface area (Å²) in [7, 11) is 0. The number of carbonyl (C=O) groups is 1. The molecule has 0 radical (unpaired) electrons. The van der Waals surface area contributed by atoms with Gasteiger partial charge in [-0.25, -0.2) is 0 Å². The topological polar surface area (TPSA) is 20.3 Å². The third kappa shape index (κ3) is 1.91. The van der Waals surface area contributed by atoms with E-state index in [2.05, 4.69) is 18.7 Å². The smallest absolute Gasteiger partial charge is 0.282 e. The molecule has 0 atom stereocenters. The van der Waals surface area contributed by atoms with E-state index in [1.54, 1.807) is 0 Å². The van der Waals surface area contributed by atoms with E-state index in [4.69, 9.17) is 0 Å². The Hall–Kier alpha value is -0.180.